The highest BCUT2D eigenvalue weighted by atomic mass is 32.1. The van der Waals surface area contributed by atoms with E-state index >= 15 is 0 Å². The van der Waals surface area contributed by atoms with Gasteiger partial charge in [-0.05, 0) is 42.5 Å². The summed E-state index contributed by atoms with van der Waals surface area (Å²) in [6, 6.07) is 4.28. The second kappa shape index (κ2) is 4.33. The molecule has 0 aliphatic heterocycles. The highest BCUT2D eigenvalue weighted by molar-refractivity contribution is 7.09. The number of carbonyl (C=O) groups is 1. The Bertz CT molecular complexity index is 404. The summed E-state index contributed by atoms with van der Waals surface area (Å²) in [7, 11) is 0. The zero-order chi connectivity index (χ0) is 11.8. The summed E-state index contributed by atoms with van der Waals surface area (Å²) >= 11 is 1.64. The lowest BCUT2D eigenvalue weighted by Crippen LogP contribution is -2.41. The molecule has 0 spiro atoms. The lowest BCUT2D eigenvalue weighted by Gasteiger charge is -2.32. The number of thiophene rings is 1. The van der Waals surface area contributed by atoms with Crippen LogP contribution in [0.1, 0.15) is 30.6 Å². The van der Waals surface area contributed by atoms with Crippen molar-refractivity contribution in [3.8, 4) is 0 Å². The monoisotopic (exact) mass is 251 g/mol. The van der Waals surface area contributed by atoms with Crippen molar-refractivity contribution >= 4 is 17.4 Å². The normalized spacial score (nSPS) is 30.7. The molecule has 1 heterocycles. The molecule has 2 fully saturated rings. The summed E-state index contributed by atoms with van der Waals surface area (Å²) in [5.41, 5.74) is 0. The minimum atomic E-state index is -0.754. The zero-order valence-electron chi connectivity index (χ0n) is 9.71. The molecule has 92 valence electrons. The highest BCUT2D eigenvalue weighted by Crippen LogP contribution is 2.47. The molecule has 2 saturated carbocycles. The Morgan fingerprint density at radius 1 is 1.47 bits per heavy atom. The fraction of sp³-hybridized carbons (Fsp3) is 0.615. The number of fused-ring (bicyclic) bond motifs is 2. The fourth-order valence-corrected chi connectivity index (χ4v) is 4.19. The van der Waals surface area contributed by atoms with E-state index in [1.165, 1.54) is 19.3 Å². The summed E-state index contributed by atoms with van der Waals surface area (Å²) in [6.45, 7) is 0.570. The standard InChI is InChI=1S/C13H17NO2S/c15-13(16)14(8-11-2-1-5-17-11)12-7-9-3-4-10(12)6-9/h1-2,5,9-10,12H,3-4,6-8H2,(H,15,16). The van der Waals surface area contributed by atoms with Crippen LogP contribution in [-0.4, -0.2) is 22.1 Å². The SMILES string of the molecule is O=C(O)N(Cc1cccs1)C1CC2CCC1C2. The third-order valence-corrected chi connectivity index (χ3v) is 5.11. The molecule has 3 rings (SSSR count). The smallest absolute Gasteiger partial charge is 0.407 e. The average Bonchev–Trinajstić information content (AvgIpc) is 3.02. The molecule has 0 radical (unpaired) electrons. The van der Waals surface area contributed by atoms with Gasteiger partial charge in [0, 0.05) is 10.9 Å². The number of amides is 1. The van der Waals surface area contributed by atoms with Gasteiger partial charge in [0.25, 0.3) is 0 Å². The Kier molecular flexibility index (Phi) is 2.82. The number of nitrogens with zero attached hydrogens (tertiary/aromatic N) is 1. The summed E-state index contributed by atoms with van der Waals surface area (Å²) in [6.07, 6.45) is 4.12. The molecule has 4 heteroatoms. The van der Waals surface area contributed by atoms with E-state index in [1.807, 2.05) is 17.5 Å². The van der Waals surface area contributed by atoms with Crippen LogP contribution in [0.2, 0.25) is 0 Å². The first kappa shape index (κ1) is 11.1. The van der Waals surface area contributed by atoms with Crippen LogP contribution in [0.15, 0.2) is 17.5 Å². The molecule has 1 aromatic rings. The van der Waals surface area contributed by atoms with Gasteiger partial charge in [0.15, 0.2) is 0 Å². The van der Waals surface area contributed by atoms with E-state index in [2.05, 4.69) is 0 Å². The van der Waals surface area contributed by atoms with Crippen molar-refractivity contribution in [1.82, 2.24) is 4.90 Å². The van der Waals surface area contributed by atoms with Crippen LogP contribution >= 0.6 is 11.3 Å². The maximum atomic E-state index is 11.4. The van der Waals surface area contributed by atoms with Crippen molar-refractivity contribution in [3.05, 3.63) is 22.4 Å². The molecule has 1 N–H and O–H groups in total. The first-order valence-electron chi connectivity index (χ1n) is 6.26. The second-order valence-electron chi connectivity index (χ2n) is 5.23. The zero-order valence-corrected chi connectivity index (χ0v) is 10.5. The van der Waals surface area contributed by atoms with Crippen molar-refractivity contribution in [2.45, 2.75) is 38.3 Å². The summed E-state index contributed by atoms with van der Waals surface area (Å²) < 4.78 is 0. The van der Waals surface area contributed by atoms with E-state index in [1.54, 1.807) is 16.2 Å². The van der Waals surface area contributed by atoms with Gasteiger partial charge in [0.05, 0.1) is 6.54 Å². The topological polar surface area (TPSA) is 40.5 Å². The summed E-state index contributed by atoms with van der Waals surface area (Å²) in [5.74, 6) is 1.41. The molecule has 3 nitrogen and oxygen atoms in total. The molecule has 3 unspecified atom stereocenters. The fourth-order valence-electron chi connectivity index (χ4n) is 3.49. The molecule has 3 atom stereocenters. The van der Waals surface area contributed by atoms with E-state index < -0.39 is 6.09 Å². The van der Waals surface area contributed by atoms with Gasteiger partial charge in [0.2, 0.25) is 0 Å². The average molecular weight is 251 g/mol. The van der Waals surface area contributed by atoms with Gasteiger partial charge in [-0.2, -0.15) is 0 Å². The lowest BCUT2D eigenvalue weighted by molar-refractivity contribution is 0.101. The third kappa shape index (κ3) is 2.06. The molecule has 1 aromatic heterocycles. The van der Waals surface area contributed by atoms with Crippen LogP contribution in [0.3, 0.4) is 0 Å². The lowest BCUT2D eigenvalue weighted by atomic mass is 9.94. The highest BCUT2D eigenvalue weighted by Gasteiger charge is 2.43. The van der Waals surface area contributed by atoms with Gasteiger partial charge in [-0.3, -0.25) is 4.90 Å². The summed E-state index contributed by atoms with van der Waals surface area (Å²) in [4.78, 5) is 14.2. The Labute approximate surface area is 105 Å². The van der Waals surface area contributed by atoms with E-state index in [0.717, 1.165) is 17.2 Å². The second-order valence-corrected chi connectivity index (χ2v) is 6.26. The molecule has 2 aliphatic carbocycles. The summed E-state index contributed by atoms with van der Waals surface area (Å²) in [5, 5.41) is 11.4. The van der Waals surface area contributed by atoms with Crippen molar-refractivity contribution in [3.63, 3.8) is 0 Å². The van der Waals surface area contributed by atoms with E-state index in [-0.39, 0.29) is 6.04 Å². The van der Waals surface area contributed by atoms with Crippen molar-refractivity contribution < 1.29 is 9.90 Å². The molecular formula is C13H17NO2S. The first-order valence-corrected chi connectivity index (χ1v) is 7.14. The Hall–Kier alpha value is -1.03. The predicted molar refractivity (Wildman–Crippen MR) is 67.1 cm³/mol. The Morgan fingerprint density at radius 2 is 2.35 bits per heavy atom. The van der Waals surface area contributed by atoms with E-state index in [4.69, 9.17) is 0 Å². The first-order chi connectivity index (χ1) is 8.24. The molecular weight excluding hydrogens is 234 g/mol. The number of hydrogen-bond donors (Lipinski definition) is 1. The number of carboxylic acid groups (broad SMARTS) is 1. The van der Waals surface area contributed by atoms with Crippen LogP contribution in [0, 0.1) is 11.8 Å². The van der Waals surface area contributed by atoms with Crippen molar-refractivity contribution in [2.24, 2.45) is 11.8 Å². The van der Waals surface area contributed by atoms with E-state index in [9.17, 15) is 9.90 Å². The van der Waals surface area contributed by atoms with Crippen LogP contribution in [0.5, 0.6) is 0 Å². The Balaban J connectivity index is 1.74. The van der Waals surface area contributed by atoms with Gasteiger partial charge in [-0.1, -0.05) is 12.5 Å². The third-order valence-electron chi connectivity index (χ3n) is 4.25. The molecule has 17 heavy (non-hydrogen) atoms. The minimum absolute atomic E-state index is 0.272. The van der Waals surface area contributed by atoms with Crippen LogP contribution < -0.4 is 0 Å². The molecule has 2 aliphatic rings. The van der Waals surface area contributed by atoms with Crippen LogP contribution in [0.25, 0.3) is 0 Å². The maximum absolute atomic E-state index is 11.4. The van der Waals surface area contributed by atoms with E-state index in [0.29, 0.717) is 12.5 Å². The maximum Gasteiger partial charge on any atom is 0.407 e. The van der Waals surface area contributed by atoms with Gasteiger partial charge in [-0.15, -0.1) is 11.3 Å². The predicted octanol–water partition coefficient (Wildman–Crippen LogP) is 3.42. The van der Waals surface area contributed by atoms with Crippen molar-refractivity contribution in [1.29, 1.82) is 0 Å². The largest absolute Gasteiger partial charge is 0.465 e. The van der Waals surface area contributed by atoms with Crippen LogP contribution in [0.4, 0.5) is 4.79 Å². The van der Waals surface area contributed by atoms with Crippen molar-refractivity contribution in [2.75, 3.05) is 0 Å². The molecule has 2 bridgehead atoms. The number of rotatable bonds is 3. The van der Waals surface area contributed by atoms with Gasteiger partial charge < -0.3 is 5.11 Å². The molecule has 0 aromatic carbocycles. The Morgan fingerprint density at radius 3 is 2.88 bits per heavy atom. The van der Waals surface area contributed by atoms with Gasteiger partial charge in [-0.25, -0.2) is 4.79 Å². The molecule has 1 amide bonds. The number of hydrogen-bond acceptors (Lipinski definition) is 2. The molecule has 0 saturated heterocycles. The quantitative estimate of drug-likeness (QED) is 0.894. The minimum Gasteiger partial charge on any atom is -0.465 e. The van der Waals surface area contributed by atoms with Gasteiger partial charge >= 0.3 is 6.09 Å². The van der Waals surface area contributed by atoms with Crippen LogP contribution in [-0.2, 0) is 6.54 Å². The van der Waals surface area contributed by atoms with Gasteiger partial charge in [0.1, 0.15) is 0 Å².